The smallest absolute Gasteiger partial charge is 0.344 e. The second kappa shape index (κ2) is 9.50. The summed E-state index contributed by atoms with van der Waals surface area (Å²) >= 11 is 0. The van der Waals surface area contributed by atoms with E-state index in [-0.39, 0.29) is 18.0 Å². The third kappa shape index (κ3) is 5.80. The lowest BCUT2D eigenvalue weighted by molar-refractivity contribution is -0.383. The Morgan fingerprint density at radius 2 is 1.71 bits per heavy atom. The number of ether oxygens (including phenoxy) is 2. The first-order valence-electron chi connectivity index (χ1n) is 8.74. The van der Waals surface area contributed by atoms with Crippen molar-refractivity contribution in [3.63, 3.8) is 0 Å². The van der Waals surface area contributed by atoms with Gasteiger partial charge in [-0.15, -0.1) is 0 Å². The van der Waals surface area contributed by atoms with E-state index in [1.165, 1.54) is 25.1 Å². The predicted octanol–water partition coefficient (Wildman–Crippen LogP) is 3.67. The van der Waals surface area contributed by atoms with Crippen molar-refractivity contribution in [2.75, 3.05) is 11.9 Å². The number of benzene rings is 2. The zero-order chi connectivity index (χ0) is 20.7. The fourth-order valence-corrected chi connectivity index (χ4v) is 2.35. The van der Waals surface area contributed by atoms with Crippen molar-refractivity contribution in [1.29, 1.82) is 0 Å². The molecule has 0 aromatic heterocycles. The van der Waals surface area contributed by atoms with Gasteiger partial charge in [0.15, 0.2) is 12.7 Å². The molecule has 2 rings (SSSR count). The molecule has 1 atom stereocenters. The van der Waals surface area contributed by atoms with Gasteiger partial charge in [0.2, 0.25) is 0 Å². The lowest BCUT2D eigenvalue weighted by Crippen LogP contribution is -2.31. The summed E-state index contributed by atoms with van der Waals surface area (Å²) in [6, 6.07) is 13.0. The van der Waals surface area contributed by atoms with Crippen LogP contribution in [-0.2, 0) is 14.3 Å². The zero-order valence-electron chi connectivity index (χ0n) is 15.9. The third-order valence-corrected chi connectivity index (χ3v) is 3.94. The highest BCUT2D eigenvalue weighted by Gasteiger charge is 2.21. The summed E-state index contributed by atoms with van der Waals surface area (Å²) in [5, 5.41) is 13.4. The fraction of sp³-hybridized carbons (Fsp3) is 0.300. The molecule has 0 unspecified atom stereocenters. The topological polar surface area (TPSA) is 108 Å². The number of anilines is 1. The molecule has 0 aliphatic rings. The second-order valence-corrected chi connectivity index (χ2v) is 6.41. The molecule has 0 aliphatic heterocycles. The Bertz CT molecular complexity index is 848. The highest BCUT2D eigenvalue weighted by atomic mass is 16.6. The van der Waals surface area contributed by atoms with Gasteiger partial charge >= 0.3 is 5.97 Å². The molecule has 0 fully saturated rings. The van der Waals surface area contributed by atoms with Crippen molar-refractivity contribution in [2.45, 2.75) is 32.8 Å². The third-order valence-electron chi connectivity index (χ3n) is 3.94. The van der Waals surface area contributed by atoms with Gasteiger partial charge in [-0.3, -0.25) is 14.9 Å². The Labute approximate surface area is 162 Å². The molecular weight excluding hydrogens is 364 g/mol. The molecule has 0 saturated heterocycles. The molecule has 0 aliphatic carbocycles. The van der Waals surface area contributed by atoms with Gasteiger partial charge in [-0.1, -0.05) is 38.1 Å². The number of nitrogens with zero attached hydrogens (tertiary/aromatic N) is 1. The van der Waals surface area contributed by atoms with Gasteiger partial charge in [-0.2, -0.15) is 0 Å². The highest BCUT2D eigenvalue weighted by Crippen LogP contribution is 2.23. The largest absolute Gasteiger partial charge is 0.482 e. The summed E-state index contributed by atoms with van der Waals surface area (Å²) in [5.41, 5.74) is 0.930. The average Bonchev–Trinajstić information content (AvgIpc) is 2.66. The van der Waals surface area contributed by atoms with E-state index in [0.717, 1.165) is 5.56 Å². The Morgan fingerprint density at radius 1 is 1.07 bits per heavy atom. The quantitative estimate of drug-likeness (QED) is 0.421. The summed E-state index contributed by atoms with van der Waals surface area (Å²) in [7, 11) is 0. The van der Waals surface area contributed by atoms with Crippen molar-refractivity contribution in [1.82, 2.24) is 0 Å². The molecule has 2 aromatic rings. The zero-order valence-corrected chi connectivity index (χ0v) is 15.9. The first-order valence-corrected chi connectivity index (χ1v) is 8.74. The van der Waals surface area contributed by atoms with E-state index in [2.05, 4.69) is 19.2 Å². The molecule has 148 valence electrons. The summed E-state index contributed by atoms with van der Waals surface area (Å²) < 4.78 is 10.4. The molecule has 28 heavy (non-hydrogen) atoms. The number of hydrogen-bond acceptors (Lipinski definition) is 6. The van der Waals surface area contributed by atoms with Crippen molar-refractivity contribution in [2.24, 2.45) is 0 Å². The summed E-state index contributed by atoms with van der Waals surface area (Å²) in [6.07, 6.45) is -1.14. The lowest BCUT2D eigenvalue weighted by atomic mass is 10.0. The van der Waals surface area contributed by atoms with Crippen LogP contribution < -0.4 is 10.1 Å². The highest BCUT2D eigenvalue weighted by molar-refractivity contribution is 5.96. The molecule has 0 radical (unpaired) electrons. The van der Waals surface area contributed by atoms with E-state index < -0.39 is 22.9 Å². The first-order chi connectivity index (χ1) is 13.3. The molecule has 1 amide bonds. The normalized spacial score (nSPS) is 11.6. The van der Waals surface area contributed by atoms with E-state index in [1.807, 2.05) is 12.1 Å². The molecule has 0 saturated carbocycles. The Balaban J connectivity index is 1.86. The molecule has 0 bridgehead atoms. The number of nitrogens with one attached hydrogen (secondary N) is 1. The molecular formula is C20H22N2O6. The minimum atomic E-state index is -1.14. The maximum Gasteiger partial charge on any atom is 0.344 e. The maximum absolute atomic E-state index is 12.1. The summed E-state index contributed by atoms with van der Waals surface area (Å²) in [6.45, 7) is 5.16. The maximum atomic E-state index is 12.1. The molecule has 1 N–H and O–H groups in total. The van der Waals surface area contributed by atoms with E-state index in [0.29, 0.717) is 11.7 Å². The number of esters is 1. The van der Waals surface area contributed by atoms with E-state index in [1.54, 1.807) is 18.2 Å². The van der Waals surface area contributed by atoms with Crippen LogP contribution in [0.4, 0.5) is 11.4 Å². The number of amides is 1. The van der Waals surface area contributed by atoms with Gasteiger partial charge < -0.3 is 14.8 Å². The van der Waals surface area contributed by atoms with Crippen LogP contribution in [0.25, 0.3) is 0 Å². The number of hydrogen-bond donors (Lipinski definition) is 1. The van der Waals surface area contributed by atoms with Gasteiger partial charge in [0.25, 0.3) is 11.6 Å². The Morgan fingerprint density at radius 3 is 2.32 bits per heavy atom. The molecule has 8 heteroatoms. The molecule has 0 spiro atoms. The van der Waals surface area contributed by atoms with Gasteiger partial charge in [-0.05, 0) is 36.6 Å². The number of para-hydroxylation sites is 2. The van der Waals surface area contributed by atoms with Crippen molar-refractivity contribution >= 4 is 23.3 Å². The monoisotopic (exact) mass is 386 g/mol. The van der Waals surface area contributed by atoms with Crippen LogP contribution >= 0.6 is 0 Å². The summed E-state index contributed by atoms with van der Waals surface area (Å²) in [4.78, 5) is 34.4. The van der Waals surface area contributed by atoms with Crippen molar-refractivity contribution < 1.29 is 24.0 Å². The van der Waals surface area contributed by atoms with Crippen LogP contribution in [0.3, 0.4) is 0 Å². The Hall–Kier alpha value is -3.42. The van der Waals surface area contributed by atoms with Gasteiger partial charge in [-0.25, -0.2) is 4.79 Å². The lowest BCUT2D eigenvalue weighted by Gasteiger charge is -2.14. The van der Waals surface area contributed by atoms with Gasteiger partial charge in [0.1, 0.15) is 11.4 Å². The first kappa shape index (κ1) is 20.9. The van der Waals surface area contributed by atoms with E-state index in [4.69, 9.17) is 9.47 Å². The van der Waals surface area contributed by atoms with Crippen LogP contribution in [-0.4, -0.2) is 29.5 Å². The number of carbonyl (C=O) groups excluding carboxylic acids is 2. The summed E-state index contributed by atoms with van der Waals surface area (Å²) in [5.74, 6) is -0.501. The van der Waals surface area contributed by atoms with Crippen molar-refractivity contribution in [3.8, 4) is 5.75 Å². The standard InChI is InChI=1S/C20H22N2O6/c1-13(2)15-8-10-16(11-9-15)27-12-19(23)28-14(3)20(24)21-17-6-4-5-7-18(17)22(25)26/h4-11,13-14H,12H2,1-3H3,(H,21,24)/t14-/m1/s1. The van der Waals surface area contributed by atoms with Crippen LogP contribution in [0.1, 0.15) is 32.3 Å². The molecule has 8 nitrogen and oxygen atoms in total. The average molecular weight is 386 g/mol. The molecule has 0 heterocycles. The minimum absolute atomic E-state index is 0.0295. The van der Waals surface area contributed by atoms with E-state index >= 15 is 0 Å². The fourth-order valence-electron chi connectivity index (χ4n) is 2.35. The van der Waals surface area contributed by atoms with Crippen LogP contribution in [0.2, 0.25) is 0 Å². The number of nitro groups is 1. The molecule has 2 aromatic carbocycles. The number of rotatable bonds is 8. The van der Waals surface area contributed by atoms with Crippen LogP contribution in [0.5, 0.6) is 5.75 Å². The van der Waals surface area contributed by atoms with Gasteiger partial charge in [0, 0.05) is 6.07 Å². The van der Waals surface area contributed by atoms with Crippen molar-refractivity contribution in [3.05, 3.63) is 64.2 Å². The predicted molar refractivity (Wildman–Crippen MR) is 103 cm³/mol. The second-order valence-electron chi connectivity index (χ2n) is 6.41. The van der Waals surface area contributed by atoms with E-state index in [9.17, 15) is 19.7 Å². The number of nitro benzene ring substituents is 1. The van der Waals surface area contributed by atoms with Crippen LogP contribution in [0, 0.1) is 10.1 Å². The minimum Gasteiger partial charge on any atom is -0.482 e. The SMILES string of the molecule is CC(C)c1ccc(OCC(=O)O[C@H](C)C(=O)Nc2ccccc2[N+](=O)[O-])cc1. The van der Waals surface area contributed by atoms with Crippen LogP contribution in [0.15, 0.2) is 48.5 Å². The number of carbonyl (C=O) groups is 2. The Kier molecular flexibility index (Phi) is 7.08. The van der Waals surface area contributed by atoms with Gasteiger partial charge in [0.05, 0.1) is 4.92 Å².